The Balaban J connectivity index is -0.00000686. The minimum absolute atomic E-state index is 0. The molecule has 0 radical (unpaired) electrons. The monoisotopic (exact) mass is 1020 g/mol. The number of esters is 3. The van der Waals surface area contributed by atoms with E-state index < -0.39 is 16.5 Å². The second-order valence-electron chi connectivity index (χ2n) is 18.9. The average molecular weight is 1020 g/mol. The van der Waals surface area contributed by atoms with Crippen LogP contribution in [0.2, 0.25) is 0 Å². The van der Waals surface area contributed by atoms with E-state index in [1.54, 1.807) is 0 Å². The zero-order chi connectivity index (χ0) is 50.3. The van der Waals surface area contributed by atoms with E-state index in [2.05, 4.69) is 57.2 Å². The van der Waals surface area contributed by atoms with Crippen LogP contribution in [-0.2, 0) is 39.0 Å². The minimum atomic E-state index is -4.67. The molecule has 0 spiro atoms. The first-order chi connectivity index (χ1) is 33.0. The summed E-state index contributed by atoms with van der Waals surface area (Å²) in [5.74, 6) is -0.893. The van der Waals surface area contributed by atoms with Gasteiger partial charge in [-0.2, -0.15) is 8.42 Å². The number of hydrogen-bond acceptors (Lipinski definition) is 8. The molecule has 402 valence electrons. The molecule has 12 heteroatoms. The van der Waals surface area contributed by atoms with Gasteiger partial charge in [0.25, 0.3) is 0 Å². The Morgan fingerprint density at radius 3 is 0.812 bits per heavy atom. The second kappa shape index (κ2) is 59.7. The van der Waals surface area contributed by atoms with Crippen LogP contribution in [0.15, 0.2) is 36.5 Å². The maximum absolute atomic E-state index is 12.8. The van der Waals surface area contributed by atoms with Gasteiger partial charge in [0.2, 0.25) is 0 Å². The predicted molar refractivity (Wildman–Crippen MR) is 291 cm³/mol. The number of unbranched alkanes of at least 4 members (excludes halogenated alkanes) is 33. The van der Waals surface area contributed by atoms with Crippen molar-refractivity contribution in [2.75, 3.05) is 13.2 Å². The van der Waals surface area contributed by atoms with Gasteiger partial charge in [-0.3, -0.25) is 23.5 Å². The van der Waals surface area contributed by atoms with Crippen molar-refractivity contribution in [1.29, 1.82) is 0 Å². The Morgan fingerprint density at radius 1 is 0.362 bits per heavy atom. The molecule has 0 aliphatic heterocycles. The van der Waals surface area contributed by atoms with E-state index in [4.69, 9.17) is 31.7 Å². The third-order valence-corrected chi connectivity index (χ3v) is 12.1. The fourth-order valence-corrected chi connectivity index (χ4v) is 7.90. The summed E-state index contributed by atoms with van der Waals surface area (Å²) < 4.78 is 48.4. The van der Waals surface area contributed by atoms with Gasteiger partial charge in [0, 0.05) is 19.3 Å². The molecule has 0 fully saturated rings. The number of carbonyl (C=O) groups is 3. The van der Waals surface area contributed by atoms with Gasteiger partial charge in [-0.05, 0) is 96.3 Å². The molecule has 0 amide bonds. The zero-order valence-electron chi connectivity index (χ0n) is 44.2. The standard InChI is InChI=1S/C57H104O6.K.H2O4S.H/c1-4-7-10-13-16-19-22-25-28-31-34-37-40-43-46-49-55(58)61-52-54(63-57(60)51-48-45-42-39-36-33-30-27-24-21-18-15-12-9-6-3)53-62-56(59)50-47-44-41-38-35-32-29-26-23-20-17-14-11-8-5-2;;1-5(2,3)4;/h25-30,54H,4-24,31-53H2,1-3H3;;(H2,1,2,3,4);/b28-25+,29-26+,30-27+;;;. The van der Waals surface area contributed by atoms with Crippen molar-refractivity contribution in [2.45, 2.75) is 297 Å². The van der Waals surface area contributed by atoms with E-state index in [0.717, 1.165) is 77.0 Å². The summed E-state index contributed by atoms with van der Waals surface area (Å²) in [4.78, 5) is 38.0. The molecule has 0 heterocycles. The topological polar surface area (TPSA) is 153 Å². The van der Waals surface area contributed by atoms with Crippen LogP contribution in [0.1, 0.15) is 290 Å². The molecule has 0 aromatic heterocycles. The van der Waals surface area contributed by atoms with Crippen molar-refractivity contribution in [1.82, 2.24) is 0 Å². The summed E-state index contributed by atoms with van der Waals surface area (Å²) in [5, 5.41) is 0. The van der Waals surface area contributed by atoms with Crippen LogP contribution < -0.4 is 0 Å². The first-order valence-electron chi connectivity index (χ1n) is 28.2. The molecular weight excluding hydrogens is 916 g/mol. The van der Waals surface area contributed by atoms with Crippen LogP contribution in [0.25, 0.3) is 0 Å². The molecule has 0 rings (SSSR count). The first kappa shape index (κ1) is 72.4. The van der Waals surface area contributed by atoms with Crippen LogP contribution in [0, 0.1) is 0 Å². The number of hydrogen-bond donors (Lipinski definition) is 2. The van der Waals surface area contributed by atoms with Gasteiger partial charge in [-0.1, -0.05) is 211 Å². The maximum atomic E-state index is 12.8. The van der Waals surface area contributed by atoms with E-state index in [1.807, 2.05) is 0 Å². The second-order valence-corrected chi connectivity index (χ2v) is 19.8. The quantitative estimate of drug-likeness (QED) is 0.0150. The first-order valence-corrected chi connectivity index (χ1v) is 29.6. The van der Waals surface area contributed by atoms with Crippen LogP contribution in [0.4, 0.5) is 0 Å². The summed E-state index contributed by atoms with van der Waals surface area (Å²) >= 11 is 0. The van der Waals surface area contributed by atoms with E-state index in [-0.39, 0.29) is 82.5 Å². The Kier molecular flexibility index (Phi) is 62.6. The van der Waals surface area contributed by atoms with Gasteiger partial charge >= 0.3 is 79.7 Å². The molecule has 0 saturated heterocycles. The molecule has 0 aliphatic rings. The van der Waals surface area contributed by atoms with Crippen molar-refractivity contribution in [3.63, 3.8) is 0 Å². The number of ether oxygens (including phenoxy) is 3. The molecule has 0 unspecified atom stereocenters. The van der Waals surface area contributed by atoms with Crippen LogP contribution in [0.3, 0.4) is 0 Å². The van der Waals surface area contributed by atoms with Gasteiger partial charge in [-0.25, -0.2) is 0 Å². The molecule has 0 aliphatic carbocycles. The fourth-order valence-electron chi connectivity index (χ4n) is 7.90. The molecule has 69 heavy (non-hydrogen) atoms. The van der Waals surface area contributed by atoms with Crippen molar-refractivity contribution in [2.24, 2.45) is 0 Å². The Labute approximate surface area is 467 Å². The summed E-state index contributed by atoms with van der Waals surface area (Å²) in [7, 11) is -4.67. The predicted octanol–water partition coefficient (Wildman–Crippen LogP) is 16.8. The third kappa shape index (κ3) is 69.2. The Morgan fingerprint density at radius 2 is 0.565 bits per heavy atom. The average Bonchev–Trinajstić information content (AvgIpc) is 3.30. The van der Waals surface area contributed by atoms with Gasteiger partial charge in [0.05, 0.1) is 0 Å². The van der Waals surface area contributed by atoms with Crippen molar-refractivity contribution < 1.29 is 46.1 Å². The normalized spacial score (nSPS) is 11.6. The van der Waals surface area contributed by atoms with Crippen molar-refractivity contribution in [3.05, 3.63) is 36.5 Å². The van der Waals surface area contributed by atoms with Gasteiger partial charge in [0.1, 0.15) is 13.2 Å². The summed E-state index contributed by atoms with van der Waals surface area (Å²) in [6, 6.07) is 0. The number of allylic oxidation sites excluding steroid dienone is 6. The molecule has 10 nitrogen and oxygen atoms in total. The molecule has 0 saturated carbocycles. The van der Waals surface area contributed by atoms with Crippen LogP contribution >= 0.6 is 0 Å². The molecule has 2 N–H and O–H groups in total. The number of rotatable bonds is 50. The van der Waals surface area contributed by atoms with E-state index in [9.17, 15) is 14.4 Å². The van der Waals surface area contributed by atoms with E-state index >= 15 is 0 Å². The zero-order valence-corrected chi connectivity index (χ0v) is 45.0. The van der Waals surface area contributed by atoms with E-state index in [0.29, 0.717) is 19.3 Å². The van der Waals surface area contributed by atoms with Crippen LogP contribution in [0.5, 0.6) is 0 Å². The summed E-state index contributed by atoms with van der Waals surface area (Å²) in [6.07, 6.45) is 61.2. The molecule has 0 bridgehead atoms. The fraction of sp³-hybridized carbons (Fsp3) is 0.842. The molecular formula is C57H107KO10S. The molecule has 0 aromatic carbocycles. The van der Waals surface area contributed by atoms with Gasteiger partial charge < -0.3 is 14.2 Å². The third-order valence-electron chi connectivity index (χ3n) is 12.1. The SMILES string of the molecule is CCCCCCCC/C=C/CCCCCCCC(=O)OCC(COC(=O)CCCCCCC/C=C/CCCCCCCC)OC(=O)CCCCCCC/C=C/CCCCCCCC.O=S(=O)(O)O.[KH]. The summed E-state index contributed by atoms with van der Waals surface area (Å²) in [6.45, 7) is 6.63. The van der Waals surface area contributed by atoms with Crippen molar-refractivity contribution in [3.8, 4) is 0 Å². The number of carbonyl (C=O) groups excluding carboxylic acids is 3. The van der Waals surface area contributed by atoms with E-state index in [1.165, 1.54) is 173 Å². The van der Waals surface area contributed by atoms with Crippen molar-refractivity contribution >= 4 is 79.7 Å². The molecule has 0 aromatic rings. The van der Waals surface area contributed by atoms with Gasteiger partial charge in [0.15, 0.2) is 6.10 Å². The summed E-state index contributed by atoms with van der Waals surface area (Å²) in [5.41, 5.74) is 0. The Hall–Kier alpha value is -0.864. The van der Waals surface area contributed by atoms with Gasteiger partial charge in [-0.15, -0.1) is 0 Å². The Bertz CT molecular complexity index is 1240. The molecule has 0 atom stereocenters. The van der Waals surface area contributed by atoms with Crippen LogP contribution in [-0.4, -0.2) is 106 Å².